The van der Waals surface area contributed by atoms with Crippen LogP contribution in [-0.4, -0.2) is 17.0 Å². The number of nitrogens with zero attached hydrogens (tertiary/aromatic N) is 2. The molecule has 0 amide bonds. The molecule has 10 heavy (non-hydrogen) atoms. The molecular formula is C5H5I2N3. The van der Waals surface area contributed by atoms with Gasteiger partial charge in [-0.15, -0.1) is 0 Å². The van der Waals surface area contributed by atoms with Crippen molar-refractivity contribution < 1.29 is 0 Å². The van der Waals surface area contributed by atoms with Gasteiger partial charge in [0, 0.05) is 7.05 Å². The van der Waals surface area contributed by atoms with Crippen LogP contribution in [0.2, 0.25) is 0 Å². The Balaban J connectivity index is 3.17. The van der Waals surface area contributed by atoms with Crippen molar-refractivity contribution in [1.82, 2.24) is 9.97 Å². The molecule has 0 fully saturated rings. The molecule has 0 aliphatic rings. The summed E-state index contributed by atoms with van der Waals surface area (Å²) in [6.45, 7) is 0. The fraction of sp³-hybridized carbons (Fsp3) is 0.200. The van der Waals surface area contributed by atoms with Gasteiger partial charge >= 0.3 is 0 Å². The van der Waals surface area contributed by atoms with Crippen LogP contribution in [0.4, 0.5) is 5.69 Å². The number of halogens is 2. The molecule has 3 nitrogen and oxygen atoms in total. The van der Waals surface area contributed by atoms with Crippen LogP contribution in [0.5, 0.6) is 0 Å². The zero-order valence-corrected chi connectivity index (χ0v) is 9.54. The highest BCUT2D eigenvalue weighted by atomic mass is 127. The first-order valence-electron chi connectivity index (χ1n) is 2.59. The minimum Gasteiger partial charge on any atom is -0.384 e. The second-order valence-corrected chi connectivity index (χ2v) is 3.62. The van der Waals surface area contributed by atoms with Gasteiger partial charge in [0.15, 0.2) is 0 Å². The van der Waals surface area contributed by atoms with Crippen molar-refractivity contribution in [3.8, 4) is 0 Å². The van der Waals surface area contributed by atoms with Gasteiger partial charge in [0.25, 0.3) is 0 Å². The SMILES string of the molecule is CNc1c(I)ncnc1I. The fourth-order valence-corrected chi connectivity index (χ4v) is 2.37. The first-order chi connectivity index (χ1) is 4.75. The minimum atomic E-state index is 0.958. The number of nitrogens with one attached hydrogen (secondary N) is 1. The lowest BCUT2D eigenvalue weighted by atomic mass is 10.5. The molecular weight excluding hydrogens is 356 g/mol. The van der Waals surface area contributed by atoms with E-state index in [1.807, 2.05) is 7.05 Å². The molecule has 54 valence electrons. The molecule has 1 aromatic heterocycles. The quantitative estimate of drug-likeness (QED) is 0.612. The van der Waals surface area contributed by atoms with Crippen molar-refractivity contribution in [2.24, 2.45) is 0 Å². The molecule has 1 rings (SSSR count). The highest BCUT2D eigenvalue weighted by molar-refractivity contribution is 14.1. The molecule has 1 N–H and O–H groups in total. The summed E-state index contributed by atoms with van der Waals surface area (Å²) in [4.78, 5) is 8.04. The first kappa shape index (κ1) is 8.44. The lowest BCUT2D eigenvalue weighted by molar-refractivity contribution is 1.10. The summed E-state index contributed by atoms with van der Waals surface area (Å²) in [7, 11) is 1.86. The van der Waals surface area contributed by atoms with E-state index in [9.17, 15) is 0 Å². The van der Waals surface area contributed by atoms with Gasteiger partial charge in [0.1, 0.15) is 13.7 Å². The summed E-state index contributed by atoms with van der Waals surface area (Å²) in [6.07, 6.45) is 1.56. The number of hydrogen-bond acceptors (Lipinski definition) is 3. The van der Waals surface area contributed by atoms with Gasteiger partial charge in [-0.25, -0.2) is 9.97 Å². The fourth-order valence-electron chi connectivity index (χ4n) is 0.551. The predicted octanol–water partition coefficient (Wildman–Crippen LogP) is 1.73. The Morgan fingerprint density at radius 2 is 1.80 bits per heavy atom. The van der Waals surface area contributed by atoms with Crippen LogP contribution in [-0.2, 0) is 0 Å². The Morgan fingerprint density at radius 3 is 2.10 bits per heavy atom. The number of rotatable bonds is 1. The molecule has 0 aromatic carbocycles. The zero-order chi connectivity index (χ0) is 7.56. The van der Waals surface area contributed by atoms with Crippen molar-refractivity contribution in [3.05, 3.63) is 13.7 Å². The van der Waals surface area contributed by atoms with Crippen molar-refractivity contribution in [2.75, 3.05) is 12.4 Å². The molecule has 0 saturated heterocycles. The maximum atomic E-state index is 4.02. The average molecular weight is 361 g/mol. The Kier molecular flexibility index (Phi) is 3.08. The van der Waals surface area contributed by atoms with Crippen LogP contribution >= 0.6 is 45.2 Å². The summed E-state index contributed by atoms with van der Waals surface area (Å²) in [6, 6.07) is 0. The smallest absolute Gasteiger partial charge is 0.128 e. The molecule has 0 atom stereocenters. The van der Waals surface area contributed by atoms with Crippen LogP contribution in [0, 0.1) is 7.40 Å². The summed E-state index contributed by atoms with van der Waals surface area (Å²) in [5, 5.41) is 3.02. The van der Waals surface area contributed by atoms with E-state index in [4.69, 9.17) is 0 Å². The number of aromatic nitrogens is 2. The summed E-state index contributed by atoms with van der Waals surface area (Å²) < 4.78 is 1.92. The van der Waals surface area contributed by atoms with E-state index in [1.165, 1.54) is 0 Å². The normalized spacial score (nSPS) is 9.50. The first-order valence-corrected chi connectivity index (χ1v) is 4.75. The Hall–Kier alpha value is 0.340. The molecule has 1 heterocycles. The van der Waals surface area contributed by atoms with Crippen LogP contribution in [0.1, 0.15) is 0 Å². The van der Waals surface area contributed by atoms with Gasteiger partial charge in [-0.1, -0.05) is 0 Å². The maximum Gasteiger partial charge on any atom is 0.128 e. The Morgan fingerprint density at radius 1 is 1.30 bits per heavy atom. The highest BCUT2D eigenvalue weighted by Gasteiger charge is 2.02. The summed E-state index contributed by atoms with van der Waals surface area (Å²) >= 11 is 4.34. The van der Waals surface area contributed by atoms with Gasteiger partial charge in [-0.3, -0.25) is 0 Å². The topological polar surface area (TPSA) is 37.8 Å². The second-order valence-electron chi connectivity index (χ2n) is 1.58. The highest BCUT2D eigenvalue weighted by Crippen LogP contribution is 2.18. The van der Waals surface area contributed by atoms with E-state index in [2.05, 4.69) is 60.5 Å². The van der Waals surface area contributed by atoms with E-state index in [1.54, 1.807) is 6.33 Å². The van der Waals surface area contributed by atoms with Crippen molar-refractivity contribution in [1.29, 1.82) is 0 Å². The molecule has 0 bridgehead atoms. The monoisotopic (exact) mass is 361 g/mol. The van der Waals surface area contributed by atoms with Crippen molar-refractivity contribution in [2.45, 2.75) is 0 Å². The number of hydrogen-bond donors (Lipinski definition) is 1. The molecule has 0 radical (unpaired) electrons. The van der Waals surface area contributed by atoms with E-state index >= 15 is 0 Å². The summed E-state index contributed by atoms with van der Waals surface area (Å²) in [5.41, 5.74) is 1.00. The molecule has 0 spiro atoms. The molecule has 0 aliphatic carbocycles. The molecule has 0 aliphatic heterocycles. The maximum absolute atomic E-state index is 4.02. The van der Waals surface area contributed by atoms with Crippen LogP contribution in [0.3, 0.4) is 0 Å². The van der Waals surface area contributed by atoms with Crippen LogP contribution < -0.4 is 5.32 Å². The van der Waals surface area contributed by atoms with Crippen LogP contribution in [0.15, 0.2) is 6.33 Å². The number of anilines is 1. The minimum absolute atomic E-state index is 0.958. The lowest BCUT2D eigenvalue weighted by Crippen LogP contribution is -1.98. The average Bonchev–Trinajstić information content (AvgIpc) is 1.88. The van der Waals surface area contributed by atoms with Gasteiger partial charge < -0.3 is 5.32 Å². The van der Waals surface area contributed by atoms with E-state index in [0.717, 1.165) is 13.1 Å². The largest absolute Gasteiger partial charge is 0.384 e. The predicted molar refractivity (Wildman–Crippen MR) is 57.0 cm³/mol. The third kappa shape index (κ3) is 1.68. The lowest BCUT2D eigenvalue weighted by Gasteiger charge is -2.02. The van der Waals surface area contributed by atoms with E-state index < -0.39 is 0 Å². The Bertz CT molecular complexity index is 218. The zero-order valence-electron chi connectivity index (χ0n) is 5.23. The van der Waals surface area contributed by atoms with Gasteiger partial charge in [0.05, 0.1) is 5.69 Å². The van der Waals surface area contributed by atoms with Gasteiger partial charge in [-0.05, 0) is 45.2 Å². The molecule has 0 saturated carbocycles. The van der Waals surface area contributed by atoms with Crippen LogP contribution in [0.25, 0.3) is 0 Å². The standard InChI is InChI=1S/C5H5I2N3/c1-8-3-4(6)9-2-10-5(3)7/h2,8H,1H3. The van der Waals surface area contributed by atoms with E-state index in [-0.39, 0.29) is 0 Å². The molecule has 1 aromatic rings. The third-order valence-corrected chi connectivity index (χ3v) is 2.64. The van der Waals surface area contributed by atoms with Gasteiger partial charge in [0.2, 0.25) is 0 Å². The molecule has 5 heteroatoms. The summed E-state index contributed by atoms with van der Waals surface area (Å²) in [5.74, 6) is 0. The second kappa shape index (κ2) is 3.65. The molecule has 0 unspecified atom stereocenters. The van der Waals surface area contributed by atoms with Crippen molar-refractivity contribution >= 4 is 50.9 Å². The van der Waals surface area contributed by atoms with Gasteiger partial charge in [-0.2, -0.15) is 0 Å². The Labute approximate surface area is 86.3 Å². The third-order valence-electron chi connectivity index (χ3n) is 1.00. The van der Waals surface area contributed by atoms with Crippen molar-refractivity contribution in [3.63, 3.8) is 0 Å². The van der Waals surface area contributed by atoms with E-state index in [0.29, 0.717) is 0 Å².